The molecular formula is C10H14O2. The third kappa shape index (κ3) is 2.03. The van der Waals surface area contributed by atoms with Crippen molar-refractivity contribution in [2.75, 3.05) is 0 Å². The van der Waals surface area contributed by atoms with Crippen LogP contribution in [-0.2, 0) is 9.59 Å². The third-order valence-electron chi connectivity index (χ3n) is 1.98. The van der Waals surface area contributed by atoms with Gasteiger partial charge in [0.15, 0.2) is 5.78 Å². The Hall–Kier alpha value is -0.920. The zero-order valence-electron chi connectivity index (χ0n) is 7.81. The first kappa shape index (κ1) is 9.17. The lowest BCUT2D eigenvalue weighted by molar-refractivity contribution is -0.119. The molecule has 1 rings (SSSR count). The van der Waals surface area contributed by atoms with Crippen molar-refractivity contribution in [2.24, 2.45) is 5.41 Å². The third-order valence-corrected chi connectivity index (χ3v) is 1.98. The molecule has 1 aliphatic carbocycles. The SMILES string of the molecule is CC(=O)CC1=CC(C)(C)CC1=O. The summed E-state index contributed by atoms with van der Waals surface area (Å²) >= 11 is 0. The second-order valence-electron chi connectivity index (χ2n) is 4.14. The molecule has 0 heterocycles. The van der Waals surface area contributed by atoms with Gasteiger partial charge in [-0.2, -0.15) is 0 Å². The summed E-state index contributed by atoms with van der Waals surface area (Å²) in [5.74, 6) is 0.197. The largest absolute Gasteiger partial charge is 0.300 e. The highest BCUT2D eigenvalue weighted by Gasteiger charge is 2.29. The molecule has 0 fully saturated rings. The monoisotopic (exact) mass is 166 g/mol. The maximum atomic E-state index is 11.3. The van der Waals surface area contributed by atoms with Crippen molar-refractivity contribution in [3.63, 3.8) is 0 Å². The standard InChI is InChI=1S/C10H14O2/c1-7(11)4-8-5-10(2,3)6-9(8)12/h5H,4,6H2,1-3H3. The molecule has 0 aromatic carbocycles. The highest BCUT2D eigenvalue weighted by atomic mass is 16.1. The van der Waals surface area contributed by atoms with E-state index in [1.54, 1.807) is 0 Å². The number of ketones is 2. The van der Waals surface area contributed by atoms with Crippen molar-refractivity contribution in [3.05, 3.63) is 11.6 Å². The van der Waals surface area contributed by atoms with E-state index in [-0.39, 0.29) is 17.0 Å². The minimum atomic E-state index is -0.0398. The van der Waals surface area contributed by atoms with Crippen LogP contribution in [0.25, 0.3) is 0 Å². The van der Waals surface area contributed by atoms with E-state index in [0.717, 1.165) is 0 Å². The van der Waals surface area contributed by atoms with Crippen LogP contribution in [0.1, 0.15) is 33.6 Å². The van der Waals surface area contributed by atoms with Gasteiger partial charge in [0.2, 0.25) is 0 Å². The van der Waals surface area contributed by atoms with Crippen LogP contribution < -0.4 is 0 Å². The van der Waals surface area contributed by atoms with Gasteiger partial charge < -0.3 is 0 Å². The molecule has 2 nitrogen and oxygen atoms in total. The molecule has 12 heavy (non-hydrogen) atoms. The normalized spacial score (nSPS) is 20.9. The van der Waals surface area contributed by atoms with Gasteiger partial charge in [0.25, 0.3) is 0 Å². The van der Waals surface area contributed by atoms with Crippen LogP contribution in [-0.4, -0.2) is 11.6 Å². The van der Waals surface area contributed by atoms with Gasteiger partial charge >= 0.3 is 0 Å². The lowest BCUT2D eigenvalue weighted by atomic mass is 9.93. The highest BCUT2D eigenvalue weighted by molar-refractivity contribution is 6.02. The maximum Gasteiger partial charge on any atom is 0.159 e. The molecule has 0 aliphatic heterocycles. The summed E-state index contributed by atoms with van der Waals surface area (Å²) in [6.45, 7) is 5.54. The van der Waals surface area contributed by atoms with Crippen LogP contribution in [0.3, 0.4) is 0 Å². The number of allylic oxidation sites excluding steroid dienone is 2. The van der Waals surface area contributed by atoms with E-state index in [0.29, 0.717) is 18.4 Å². The molecular weight excluding hydrogens is 152 g/mol. The van der Waals surface area contributed by atoms with Crippen molar-refractivity contribution < 1.29 is 9.59 Å². The molecule has 0 saturated heterocycles. The molecule has 0 aromatic rings. The van der Waals surface area contributed by atoms with Gasteiger partial charge in [-0.25, -0.2) is 0 Å². The Morgan fingerprint density at radius 3 is 2.50 bits per heavy atom. The van der Waals surface area contributed by atoms with E-state index in [2.05, 4.69) is 0 Å². The molecule has 0 aromatic heterocycles. The van der Waals surface area contributed by atoms with E-state index in [9.17, 15) is 9.59 Å². The summed E-state index contributed by atoms with van der Waals surface area (Å²) in [4.78, 5) is 22.1. The number of Topliss-reactive ketones (excluding diaryl/α,β-unsaturated/α-hetero) is 2. The summed E-state index contributed by atoms with van der Waals surface area (Å²) < 4.78 is 0. The molecule has 0 amide bonds. The van der Waals surface area contributed by atoms with Crippen molar-refractivity contribution in [3.8, 4) is 0 Å². The number of carbonyl (C=O) groups excluding carboxylic acids is 2. The van der Waals surface area contributed by atoms with E-state index >= 15 is 0 Å². The minimum absolute atomic E-state index is 0.0398. The molecule has 66 valence electrons. The zero-order valence-corrected chi connectivity index (χ0v) is 7.81. The number of rotatable bonds is 2. The highest BCUT2D eigenvalue weighted by Crippen LogP contribution is 2.33. The van der Waals surface area contributed by atoms with Crippen LogP contribution in [0, 0.1) is 5.41 Å². The number of hydrogen-bond donors (Lipinski definition) is 0. The maximum absolute atomic E-state index is 11.3. The van der Waals surface area contributed by atoms with Crippen LogP contribution in [0.2, 0.25) is 0 Å². The number of carbonyl (C=O) groups is 2. The van der Waals surface area contributed by atoms with Crippen molar-refractivity contribution >= 4 is 11.6 Å². The lowest BCUT2D eigenvalue weighted by Gasteiger charge is -2.10. The Morgan fingerprint density at radius 2 is 2.17 bits per heavy atom. The van der Waals surface area contributed by atoms with Gasteiger partial charge in [-0.3, -0.25) is 9.59 Å². The summed E-state index contributed by atoms with van der Waals surface area (Å²) in [7, 11) is 0. The average Bonchev–Trinajstić information content (AvgIpc) is 2.03. The van der Waals surface area contributed by atoms with Crippen LogP contribution >= 0.6 is 0 Å². The van der Waals surface area contributed by atoms with E-state index in [4.69, 9.17) is 0 Å². The zero-order chi connectivity index (χ0) is 9.35. The van der Waals surface area contributed by atoms with E-state index in [1.165, 1.54) is 6.92 Å². The molecule has 0 radical (unpaired) electrons. The van der Waals surface area contributed by atoms with Crippen molar-refractivity contribution in [2.45, 2.75) is 33.6 Å². The fraction of sp³-hybridized carbons (Fsp3) is 0.600. The molecule has 0 bridgehead atoms. The molecule has 1 aliphatic rings. The molecule has 0 N–H and O–H groups in total. The molecule has 2 heteroatoms. The summed E-state index contributed by atoms with van der Waals surface area (Å²) in [5, 5.41) is 0. The molecule has 0 saturated carbocycles. The minimum Gasteiger partial charge on any atom is -0.300 e. The second kappa shape index (κ2) is 2.85. The first-order valence-corrected chi connectivity index (χ1v) is 4.15. The van der Waals surface area contributed by atoms with Gasteiger partial charge in [0, 0.05) is 12.8 Å². The molecule has 0 unspecified atom stereocenters. The van der Waals surface area contributed by atoms with Gasteiger partial charge in [-0.1, -0.05) is 19.9 Å². The first-order valence-electron chi connectivity index (χ1n) is 4.15. The second-order valence-corrected chi connectivity index (χ2v) is 4.14. The van der Waals surface area contributed by atoms with Gasteiger partial charge in [0.05, 0.1) is 0 Å². The van der Waals surface area contributed by atoms with Crippen LogP contribution in [0.15, 0.2) is 11.6 Å². The number of hydrogen-bond acceptors (Lipinski definition) is 2. The predicted molar refractivity (Wildman–Crippen MR) is 46.8 cm³/mol. The van der Waals surface area contributed by atoms with Crippen LogP contribution in [0.5, 0.6) is 0 Å². The molecule has 0 atom stereocenters. The summed E-state index contributed by atoms with van der Waals surface area (Å²) in [6, 6.07) is 0. The fourth-order valence-electron chi connectivity index (χ4n) is 1.55. The van der Waals surface area contributed by atoms with Crippen LogP contribution in [0.4, 0.5) is 0 Å². The van der Waals surface area contributed by atoms with E-state index in [1.807, 2.05) is 19.9 Å². The van der Waals surface area contributed by atoms with E-state index < -0.39 is 0 Å². The van der Waals surface area contributed by atoms with Gasteiger partial charge in [0.1, 0.15) is 5.78 Å². The predicted octanol–water partition coefficient (Wildman–Crippen LogP) is 1.89. The van der Waals surface area contributed by atoms with Crippen molar-refractivity contribution in [1.82, 2.24) is 0 Å². The molecule has 0 spiro atoms. The Bertz CT molecular complexity index is 259. The first-order chi connectivity index (χ1) is 5.41. The topological polar surface area (TPSA) is 34.1 Å². The quantitative estimate of drug-likeness (QED) is 0.627. The fourth-order valence-corrected chi connectivity index (χ4v) is 1.55. The average molecular weight is 166 g/mol. The summed E-state index contributed by atoms with van der Waals surface area (Å²) in [6.07, 6.45) is 2.79. The Morgan fingerprint density at radius 1 is 1.58 bits per heavy atom. The van der Waals surface area contributed by atoms with Gasteiger partial charge in [-0.15, -0.1) is 0 Å². The summed E-state index contributed by atoms with van der Waals surface area (Å²) in [5.41, 5.74) is 0.662. The van der Waals surface area contributed by atoms with Gasteiger partial charge in [-0.05, 0) is 17.9 Å². The lowest BCUT2D eigenvalue weighted by Crippen LogP contribution is -2.06. The Balaban J connectivity index is 2.77. The van der Waals surface area contributed by atoms with Crippen molar-refractivity contribution in [1.29, 1.82) is 0 Å². The Kier molecular flexibility index (Phi) is 2.18. The smallest absolute Gasteiger partial charge is 0.159 e. The Labute approximate surface area is 72.7 Å².